The molecule has 7 unspecified atom stereocenters. The summed E-state index contributed by atoms with van der Waals surface area (Å²) in [7, 11) is 1.40. The molecule has 2 bridgehead atoms. The fraction of sp³-hybridized carbons (Fsp3) is 0.733. The predicted molar refractivity (Wildman–Crippen MR) is 69.5 cm³/mol. The highest BCUT2D eigenvalue weighted by atomic mass is 35.5. The Bertz CT molecular complexity index is 514. The molecule has 4 heteroatoms. The van der Waals surface area contributed by atoms with Gasteiger partial charge < -0.3 is 4.74 Å². The Hall–Kier alpha value is -0.830. The van der Waals surface area contributed by atoms with Crippen LogP contribution in [0.2, 0.25) is 0 Å². The van der Waals surface area contributed by atoms with Gasteiger partial charge in [0.2, 0.25) is 0 Å². The summed E-state index contributed by atoms with van der Waals surface area (Å²) in [6, 6.07) is 0. The van der Waals surface area contributed by atoms with Gasteiger partial charge in [-0.25, -0.2) is 0 Å². The summed E-state index contributed by atoms with van der Waals surface area (Å²) in [5, 5.41) is 0. The summed E-state index contributed by atoms with van der Waals surface area (Å²) in [4.78, 5) is 24.5. The van der Waals surface area contributed by atoms with Crippen LogP contribution in [0.15, 0.2) is 12.2 Å². The van der Waals surface area contributed by atoms with Crippen molar-refractivity contribution >= 4 is 23.4 Å². The number of fused-ring (bicyclic) bond motifs is 2. The standard InChI is InChI=1S/C15H17ClO3/c1-6-7-3-8-11(6)14(18)15(5-16)9(4-10(17)19-2)12(7)13(8)15/h7-9,11-13H,1,3-5H2,2H3. The minimum Gasteiger partial charge on any atom is -0.469 e. The molecular weight excluding hydrogens is 264 g/mol. The molecule has 4 rings (SSSR count). The highest BCUT2D eigenvalue weighted by molar-refractivity contribution is 6.21. The third-order valence-corrected chi connectivity index (χ3v) is 6.91. The van der Waals surface area contributed by atoms with Crippen molar-refractivity contribution < 1.29 is 14.3 Å². The Kier molecular flexibility index (Phi) is 2.16. The number of alkyl halides is 1. The van der Waals surface area contributed by atoms with Gasteiger partial charge in [-0.3, -0.25) is 9.59 Å². The molecule has 4 aliphatic rings. The molecule has 19 heavy (non-hydrogen) atoms. The number of ketones is 1. The van der Waals surface area contributed by atoms with Crippen LogP contribution in [0.5, 0.6) is 0 Å². The second kappa shape index (κ2) is 3.43. The van der Waals surface area contributed by atoms with Crippen molar-refractivity contribution in [2.75, 3.05) is 13.0 Å². The quantitative estimate of drug-likeness (QED) is 0.451. The molecule has 0 aliphatic heterocycles. The van der Waals surface area contributed by atoms with Gasteiger partial charge in [0.15, 0.2) is 0 Å². The smallest absolute Gasteiger partial charge is 0.305 e. The Balaban J connectivity index is 1.78. The number of methoxy groups -OCH3 is 1. The minimum atomic E-state index is -0.454. The number of Topliss-reactive ketones (excluding diaryl/α,β-unsaturated/α-hetero) is 1. The molecule has 0 radical (unpaired) electrons. The molecule has 7 atom stereocenters. The first kappa shape index (κ1) is 12.0. The van der Waals surface area contributed by atoms with Crippen molar-refractivity contribution in [3.05, 3.63) is 12.2 Å². The van der Waals surface area contributed by atoms with Crippen LogP contribution in [0.1, 0.15) is 12.8 Å². The van der Waals surface area contributed by atoms with Gasteiger partial charge in [0, 0.05) is 18.2 Å². The number of hydrogen-bond donors (Lipinski definition) is 0. The Morgan fingerprint density at radius 3 is 2.95 bits per heavy atom. The molecular formula is C15H17ClO3. The van der Waals surface area contributed by atoms with E-state index in [0.717, 1.165) is 12.0 Å². The third kappa shape index (κ3) is 1.02. The Labute approximate surface area is 117 Å². The van der Waals surface area contributed by atoms with Gasteiger partial charge in [-0.15, -0.1) is 11.6 Å². The number of carbonyl (C=O) groups excluding carboxylic acids is 2. The van der Waals surface area contributed by atoms with E-state index in [1.54, 1.807) is 0 Å². The fourth-order valence-electron chi connectivity index (χ4n) is 5.94. The zero-order valence-electron chi connectivity index (χ0n) is 10.9. The van der Waals surface area contributed by atoms with Crippen LogP contribution in [-0.2, 0) is 14.3 Å². The van der Waals surface area contributed by atoms with Crippen molar-refractivity contribution in [3.8, 4) is 0 Å². The summed E-state index contributed by atoms with van der Waals surface area (Å²) >= 11 is 6.20. The zero-order chi connectivity index (χ0) is 13.5. The Morgan fingerprint density at radius 1 is 1.58 bits per heavy atom. The van der Waals surface area contributed by atoms with E-state index in [-0.39, 0.29) is 23.6 Å². The number of carbonyl (C=O) groups is 2. The fourth-order valence-corrected chi connectivity index (χ4v) is 6.45. The van der Waals surface area contributed by atoms with E-state index in [4.69, 9.17) is 16.3 Å². The van der Waals surface area contributed by atoms with Crippen molar-refractivity contribution in [1.82, 2.24) is 0 Å². The first-order valence-corrected chi connectivity index (χ1v) is 7.47. The van der Waals surface area contributed by atoms with E-state index in [1.165, 1.54) is 7.11 Å². The molecule has 0 saturated heterocycles. The molecule has 0 heterocycles. The molecule has 0 aromatic rings. The SMILES string of the molecule is C=C1C2CC3C1C(=O)C1(CCl)C(CC(=O)OC)C2C31. The van der Waals surface area contributed by atoms with Gasteiger partial charge in [-0.05, 0) is 36.0 Å². The summed E-state index contributed by atoms with van der Waals surface area (Å²) in [6.45, 7) is 4.16. The number of allylic oxidation sites excluding steroid dienone is 1. The second-order valence-corrected chi connectivity index (χ2v) is 6.85. The van der Waals surface area contributed by atoms with E-state index in [2.05, 4.69) is 6.58 Å². The number of ether oxygens (including phenoxy) is 1. The molecule has 0 amide bonds. The largest absolute Gasteiger partial charge is 0.469 e. The molecule has 0 N–H and O–H groups in total. The van der Waals surface area contributed by atoms with Crippen molar-refractivity contribution in [2.24, 2.45) is 40.9 Å². The van der Waals surface area contributed by atoms with Crippen LogP contribution in [0, 0.1) is 40.9 Å². The van der Waals surface area contributed by atoms with Gasteiger partial charge in [0.05, 0.1) is 12.5 Å². The lowest BCUT2D eigenvalue weighted by atomic mass is 9.46. The van der Waals surface area contributed by atoms with Crippen LogP contribution in [0.25, 0.3) is 0 Å². The summed E-state index contributed by atoms with van der Waals surface area (Å²) in [5.41, 5.74) is 0.667. The molecule has 3 nitrogen and oxygen atoms in total. The van der Waals surface area contributed by atoms with Crippen LogP contribution in [0.3, 0.4) is 0 Å². The number of rotatable bonds is 3. The van der Waals surface area contributed by atoms with Gasteiger partial charge in [-0.2, -0.15) is 0 Å². The van der Waals surface area contributed by atoms with E-state index in [9.17, 15) is 9.59 Å². The Morgan fingerprint density at radius 2 is 2.32 bits per heavy atom. The normalized spacial score (nSPS) is 52.5. The highest BCUT2D eigenvalue weighted by Gasteiger charge is 2.81. The molecule has 0 aromatic carbocycles. The van der Waals surface area contributed by atoms with E-state index >= 15 is 0 Å². The number of hydrogen-bond acceptors (Lipinski definition) is 3. The first-order chi connectivity index (χ1) is 9.07. The van der Waals surface area contributed by atoms with Crippen molar-refractivity contribution in [2.45, 2.75) is 12.8 Å². The van der Waals surface area contributed by atoms with Crippen molar-refractivity contribution in [3.63, 3.8) is 0 Å². The number of halogens is 1. The zero-order valence-corrected chi connectivity index (χ0v) is 11.7. The third-order valence-electron chi connectivity index (χ3n) is 6.47. The van der Waals surface area contributed by atoms with Crippen LogP contribution >= 0.6 is 11.6 Å². The summed E-state index contributed by atoms with van der Waals surface area (Å²) in [5.74, 6) is 2.26. The minimum absolute atomic E-state index is 0.0349. The molecule has 4 fully saturated rings. The lowest BCUT2D eigenvalue weighted by molar-refractivity contribution is -0.159. The maximum absolute atomic E-state index is 12.8. The van der Waals surface area contributed by atoms with Gasteiger partial charge in [0.25, 0.3) is 0 Å². The molecule has 102 valence electrons. The van der Waals surface area contributed by atoms with Gasteiger partial charge in [-0.1, -0.05) is 12.2 Å². The van der Waals surface area contributed by atoms with Crippen LogP contribution in [0.4, 0.5) is 0 Å². The second-order valence-electron chi connectivity index (χ2n) is 6.59. The summed E-state index contributed by atoms with van der Waals surface area (Å²) < 4.78 is 4.80. The lowest BCUT2D eigenvalue weighted by Gasteiger charge is -2.56. The topological polar surface area (TPSA) is 43.4 Å². The van der Waals surface area contributed by atoms with Crippen LogP contribution in [-0.4, -0.2) is 24.7 Å². The van der Waals surface area contributed by atoms with E-state index in [1.807, 2.05) is 0 Å². The van der Waals surface area contributed by atoms with Gasteiger partial charge in [0.1, 0.15) is 5.78 Å². The predicted octanol–water partition coefficient (Wildman–Crippen LogP) is 2.04. The van der Waals surface area contributed by atoms with Crippen molar-refractivity contribution in [1.29, 1.82) is 0 Å². The van der Waals surface area contributed by atoms with E-state index < -0.39 is 5.41 Å². The monoisotopic (exact) mass is 280 g/mol. The molecule has 4 saturated carbocycles. The average molecular weight is 281 g/mol. The summed E-state index contributed by atoms with van der Waals surface area (Å²) in [6.07, 6.45) is 1.42. The lowest BCUT2D eigenvalue weighted by Crippen LogP contribution is -2.59. The van der Waals surface area contributed by atoms with Crippen LogP contribution < -0.4 is 0 Å². The maximum atomic E-state index is 12.8. The molecule has 4 aliphatic carbocycles. The molecule has 0 spiro atoms. The highest BCUT2D eigenvalue weighted by Crippen LogP contribution is 2.80. The maximum Gasteiger partial charge on any atom is 0.305 e. The molecule has 0 aromatic heterocycles. The van der Waals surface area contributed by atoms with Gasteiger partial charge >= 0.3 is 5.97 Å². The number of esters is 1. The first-order valence-electron chi connectivity index (χ1n) is 6.93. The van der Waals surface area contributed by atoms with E-state index in [0.29, 0.717) is 36.0 Å². The average Bonchev–Trinajstić information content (AvgIpc) is 2.91.